The van der Waals surface area contributed by atoms with Gasteiger partial charge in [-0.05, 0) is 44.2 Å². The highest BCUT2D eigenvalue weighted by Crippen LogP contribution is 2.51. The Labute approximate surface area is 163 Å². The summed E-state index contributed by atoms with van der Waals surface area (Å²) >= 11 is 0. The van der Waals surface area contributed by atoms with E-state index in [0.717, 1.165) is 31.2 Å². The number of alkyl halides is 2. The molecule has 1 amide bonds. The predicted octanol–water partition coefficient (Wildman–Crippen LogP) is 3.11. The van der Waals surface area contributed by atoms with Crippen molar-refractivity contribution in [2.45, 2.75) is 57.7 Å². The number of halogens is 2. The standard InChI is InChI=1S/C21H25F2N3O2/c1-14-9-17(20(22)23)24-25(14)12-19(28)26-16-7-8-18(26)21(11-16,13-27)10-15-5-3-2-4-6-15/h2-6,9,16,18,20,27H,7-8,10-13H2,1H3/t16-,18+,21-/m1/s1. The monoisotopic (exact) mass is 389 g/mol. The second-order valence-corrected chi connectivity index (χ2v) is 8.10. The lowest BCUT2D eigenvalue weighted by Gasteiger charge is -2.36. The van der Waals surface area contributed by atoms with Crippen molar-refractivity contribution in [2.75, 3.05) is 6.61 Å². The summed E-state index contributed by atoms with van der Waals surface area (Å²) in [6, 6.07) is 11.4. The molecule has 2 saturated heterocycles. The normalized spacial score (nSPS) is 26.4. The molecule has 0 saturated carbocycles. The lowest BCUT2D eigenvalue weighted by atomic mass is 9.70. The molecular weight excluding hydrogens is 364 g/mol. The number of rotatable bonds is 6. The summed E-state index contributed by atoms with van der Waals surface area (Å²) in [5.74, 6) is -0.108. The highest BCUT2D eigenvalue weighted by Gasteiger charge is 2.56. The zero-order valence-electron chi connectivity index (χ0n) is 15.9. The summed E-state index contributed by atoms with van der Waals surface area (Å²) in [4.78, 5) is 15.0. The number of amides is 1. The minimum Gasteiger partial charge on any atom is -0.396 e. The summed E-state index contributed by atoms with van der Waals surface area (Å²) in [5.41, 5.74) is 1.06. The molecule has 1 N–H and O–H groups in total. The molecule has 3 atom stereocenters. The van der Waals surface area contributed by atoms with Crippen LogP contribution in [-0.2, 0) is 17.8 Å². The molecule has 150 valence electrons. The fourth-order valence-electron chi connectivity index (χ4n) is 5.10. The van der Waals surface area contributed by atoms with E-state index in [0.29, 0.717) is 5.69 Å². The van der Waals surface area contributed by atoms with Gasteiger partial charge >= 0.3 is 0 Å². The molecular formula is C21H25F2N3O2. The van der Waals surface area contributed by atoms with E-state index in [2.05, 4.69) is 17.2 Å². The van der Waals surface area contributed by atoms with Crippen LogP contribution in [0.3, 0.4) is 0 Å². The van der Waals surface area contributed by atoms with Crippen LogP contribution in [0.25, 0.3) is 0 Å². The van der Waals surface area contributed by atoms with Crippen LogP contribution in [0.15, 0.2) is 36.4 Å². The van der Waals surface area contributed by atoms with Crippen LogP contribution in [0.4, 0.5) is 8.78 Å². The van der Waals surface area contributed by atoms with Gasteiger partial charge in [0.2, 0.25) is 5.91 Å². The number of nitrogens with zero attached hydrogens (tertiary/aromatic N) is 3. The molecule has 4 rings (SSSR count). The number of aliphatic hydroxyl groups is 1. The number of carbonyl (C=O) groups is 1. The molecule has 1 aromatic carbocycles. The van der Waals surface area contributed by atoms with Gasteiger partial charge in [-0.25, -0.2) is 8.78 Å². The van der Waals surface area contributed by atoms with Gasteiger partial charge in [0.15, 0.2) is 0 Å². The van der Waals surface area contributed by atoms with Gasteiger partial charge < -0.3 is 10.0 Å². The van der Waals surface area contributed by atoms with Gasteiger partial charge in [0, 0.05) is 23.2 Å². The van der Waals surface area contributed by atoms with Crippen LogP contribution in [0, 0.1) is 12.3 Å². The molecule has 28 heavy (non-hydrogen) atoms. The maximum absolute atomic E-state index is 13.1. The van der Waals surface area contributed by atoms with E-state index in [-0.39, 0.29) is 42.3 Å². The molecule has 5 nitrogen and oxygen atoms in total. The maximum atomic E-state index is 13.1. The van der Waals surface area contributed by atoms with Crippen LogP contribution in [0.1, 0.15) is 42.6 Å². The Kier molecular flexibility index (Phi) is 4.95. The van der Waals surface area contributed by atoms with Gasteiger partial charge in [-0.2, -0.15) is 5.10 Å². The van der Waals surface area contributed by atoms with Crippen LogP contribution in [0.5, 0.6) is 0 Å². The van der Waals surface area contributed by atoms with E-state index in [1.165, 1.54) is 10.7 Å². The van der Waals surface area contributed by atoms with Gasteiger partial charge in [0.05, 0.1) is 6.61 Å². The van der Waals surface area contributed by atoms with Crippen molar-refractivity contribution >= 4 is 5.91 Å². The number of aliphatic hydroxyl groups excluding tert-OH is 1. The highest BCUT2D eigenvalue weighted by molar-refractivity contribution is 5.77. The number of aromatic nitrogens is 2. The highest BCUT2D eigenvalue weighted by atomic mass is 19.3. The first-order valence-electron chi connectivity index (χ1n) is 9.72. The third-order valence-electron chi connectivity index (χ3n) is 6.36. The van der Waals surface area contributed by atoms with E-state index in [1.807, 2.05) is 23.1 Å². The van der Waals surface area contributed by atoms with Crippen molar-refractivity contribution < 1.29 is 18.7 Å². The first kappa shape index (κ1) is 19.1. The lowest BCUT2D eigenvalue weighted by Crippen LogP contribution is -2.45. The Hall–Kier alpha value is -2.28. The minimum atomic E-state index is -2.65. The fraction of sp³-hybridized carbons (Fsp3) is 0.524. The average molecular weight is 389 g/mol. The molecule has 0 radical (unpaired) electrons. The maximum Gasteiger partial charge on any atom is 0.282 e. The predicted molar refractivity (Wildman–Crippen MR) is 99.9 cm³/mol. The largest absolute Gasteiger partial charge is 0.396 e. The van der Waals surface area contributed by atoms with Crippen molar-refractivity contribution in [3.8, 4) is 0 Å². The molecule has 0 aliphatic carbocycles. The number of benzene rings is 1. The number of hydrogen-bond acceptors (Lipinski definition) is 3. The van der Waals surface area contributed by atoms with Gasteiger partial charge in [0.1, 0.15) is 12.2 Å². The molecule has 0 spiro atoms. The minimum absolute atomic E-state index is 0.0272. The third-order valence-corrected chi connectivity index (χ3v) is 6.36. The summed E-state index contributed by atoms with van der Waals surface area (Å²) in [7, 11) is 0. The number of carbonyl (C=O) groups excluding carboxylic acids is 1. The van der Waals surface area contributed by atoms with Gasteiger partial charge in [-0.1, -0.05) is 30.3 Å². The Bertz CT molecular complexity index is 855. The molecule has 2 fully saturated rings. The fourth-order valence-corrected chi connectivity index (χ4v) is 5.10. The van der Waals surface area contributed by atoms with E-state index in [9.17, 15) is 18.7 Å². The van der Waals surface area contributed by atoms with Crippen molar-refractivity contribution in [1.29, 1.82) is 0 Å². The molecule has 2 bridgehead atoms. The van der Waals surface area contributed by atoms with Crippen molar-refractivity contribution in [2.24, 2.45) is 5.41 Å². The van der Waals surface area contributed by atoms with Crippen molar-refractivity contribution in [3.05, 3.63) is 53.3 Å². The molecule has 2 aliphatic heterocycles. The van der Waals surface area contributed by atoms with Crippen LogP contribution >= 0.6 is 0 Å². The molecule has 1 aromatic heterocycles. The zero-order valence-corrected chi connectivity index (χ0v) is 15.9. The zero-order chi connectivity index (χ0) is 19.9. The van der Waals surface area contributed by atoms with Crippen LogP contribution in [-0.4, -0.2) is 44.4 Å². The molecule has 7 heteroatoms. The topological polar surface area (TPSA) is 58.4 Å². The Morgan fingerprint density at radius 3 is 2.71 bits per heavy atom. The SMILES string of the molecule is Cc1cc(C(F)F)nn1CC(=O)N1[C@@H]2CC[C@H]1[C@](CO)(Cc1ccccc1)C2. The summed E-state index contributed by atoms with van der Waals surface area (Å²) < 4.78 is 27.1. The van der Waals surface area contributed by atoms with E-state index >= 15 is 0 Å². The quantitative estimate of drug-likeness (QED) is 0.826. The number of fused-ring (bicyclic) bond motifs is 2. The van der Waals surface area contributed by atoms with Crippen molar-refractivity contribution in [1.82, 2.24) is 14.7 Å². The van der Waals surface area contributed by atoms with Crippen LogP contribution in [0.2, 0.25) is 0 Å². The molecule has 2 aliphatic rings. The summed E-state index contributed by atoms with van der Waals surface area (Å²) in [6.45, 7) is 1.67. The molecule has 0 unspecified atom stereocenters. The van der Waals surface area contributed by atoms with Gasteiger partial charge in [0.25, 0.3) is 6.43 Å². The summed E-state index contributed by atoms with van der Waals surface area (Å²) in [5, 5.41) is 14.1. The van der Waals surface area contributed by atoms with E-state index < -0.39 is 6.43 Å². The smallest absolute Gasteiger partial charge is 0.282 e. The second kappa shape index (κ2) is 7.28. The second-order valence-electron chi connectivity index (χ2n) is 8.10. The summed E-state index contributed by atoms with van der Waals surface area (Å²) in [6.07, 6.45) is 0.643. The first-order valence-corrected chi connectivity index (χ1v) is 9.72. The van der Waals surface area contributed by atoms with Gasteiger partial charge in [-0.3, -0.25) is 9.48 Å². The number of aryl methyl sites for hydroxylation is 1. The van der Waals surface area contributed by atoms with Gasteiger partial charge in [-0.15, -0.1) is 0 Å². The van der Waals surface area contributed by atoms with Crippen LogP contribution < -0.4 is 0 Å². The Morgan fingerprint density at radius 2 is 2.07 bits per heavy atom. The Balaban J connectivity index is 1.53. The average Bonchev–Trinajstić information content (AvgIpc) is 3.34. The first-order chi connectivity index (χ1) is 13.4. The molecule has 2 aromatic rings. The van der Waals surface area contributed by atoms with E-state index in [4.69, 9.17) is 0 Å². The Morgan fingerprint density at radius 1 is 1.32 bits per heavy atom. The van der Waals surface area contributed by atoms with Crippen molar-refractivity contribution in [3.63, 3.8) is 0 Å². The lowest BCUT2D eigenvalue weighted by molar-refractivity contribution is -0.134. The third kappa shape index (κ3) is 3.21. The molecule has 3 heterocycles. The number of hydrogen-bond donors (Lipinski definition) is 1. The van der Waals surface area contributed by atoms with E-state index in [1.54, 1.807) is 6.92 Å².